The molecule has 2 aliphatic rings. The van der Waals surface area contributed by atoms with Crippen LogP contribution in [0.15, 0.2) is 12.2 Å². The van der Waals surface area contributed by atoms with Crippen molar-refractivity contribution in [2.75, 3.05) is 0 Å². The van der Waals surface area contributed by atoms with Crippen LogP contribution >= 0.6 is 0 Å². The van der Waals surface area contributed by atoms with Crippen LogP contribution in [0.3, 0.4) is 0 Å². The number of allylic oxidation sites excluding steroid dienone is 2. The first-order chi connectivity index (χ1) is 4.46. The molecule has 2 atom stereocenters. The summed E-state index contributed by atoms with van der Waals surface area (Å²) in [6.45, 7) is 9.47. The van der Waals surface area contributed by atoms with Gasteiger partial charge in [0.1, 0.15) is 0 Å². The highest BCUT2D eigenvalue weighted by Crippen LogP contribution is 2.70. The van der Waals surface area contributed by atoms with Gasteiger partial charge in [-0.2, -0.15) is 0 Å². The molecule has 0 heterocycles. The third kappa shape index (κ3) is 0.531. The molecule has 10 heavy (non-hydrogen) atoms. The zero-order valence-electron chi connectivity index (χ0n) is 7.31. The Morgan fingerprint density at radius 1 is 1.10 bits per heavy atom. The third-order valence-electron chi connectivity index (χ3n) is 3.45. The Hall–Kier alpha value is -0.260. The van der Waals surface area contributed by atoms with Crippen molar-refractivity contribution in [1.82, 2.24) is 0 Å². The van der Waals surface area contributed by atoms with Crippen LogP contribution < -0.4 is 0 Å². The van der Waals surface area contributed by atoms with Crippen LogP contribution in [-0.4, -0.2) is 0 Å². The molecule has 0 aromatic carbocycles. The molecule has 2 aliphatic carbocycles. The fraction of sp³-hybridized carbons (Fsp3) is 0.800. The number of fused-ring (bicyclic) bond motifs is 1. The molecule has 0 amide bonds. The quantitative estimate of drug-likeness (QED) is 0.449. The predicted molar refractivity (Wildman–Crippen MR) is 43.7 cm³/mol. The van der Waals surface area contributed by atoms with Crippen molar-refractivity contribution in [2.45, 2.75) is 27.7 Å². The fourth-order valence-electron chi connectivity index (χ4n) is 2.91. The highest BCUT2D eigenvalue weighted by Gasteiger charge is 2.64. The molecule has 0 aromatic rings. The smallest absolute Gasteiger partial charge is 0.0135 e. The second-order valence-corrected chi connectivity index (χ2v) is 5.01. The lowest BCUT2D eigenvalue weighted by Gasteiger charge is -2.20. The first-order valence-corrected chi connectivity index (χ1v) is 4.15. The molecule has 0 aliphatic heterocycles. The van der Waals surface area contributed by atoms with E-state index in [1.807, 2.05) is 0 Å². The molecule has 0 unspecified atom stereocenters. The van der Waals surface area contributed by atoms with Crippen molar-refractivity contribution in [2.24, 2.45) is 22.7 Å². The molecule has 1 saturated carbocycles. The Labute approximate surface area is 63.3 Å². The van der Waals surface area contributed by atoms with Gasteiger partial charge in [-0.3, -0.25) is 0 Å². The Morgan fingerprint density at radius 2 is 1.70 bits per heavy atom. The fourth-order valence-corrected chi connectivity index (χ4v) is 2.91. The summed E-state index contributed by atoms with van der Waals surface area (Å²) in [5, 5.41) is 0. The molecule has 0 heteroatoms. The molecular formula is C10H16. The van der Waals surface area contributed by atoms with Crippen molar-refractivity contribution in [1.29, 1.82) is 0 Å². The van der Waals surface area contributed by atoms with E-state index in [-0.39, 0.29) is 0 Å². The molecule has 0 radical (unpaired) electrons. The van der Waals surface area contributed by atoms with Gasteiger partial charge in [0.15, 0.2) is 0 Å². The van der Waals surface area contributed by atoms with Crippen LogP contribution in [0.5, 0.6) is 0 Å². The molecule has 0 nitrogen and oxygen atoms in total. The summed E-state index contributed by atoms with van der Waals surface area (Å²) in [7, 11) is 0. The van der Waals surface area contributed by atoms with E-state index in [0.29, 0.717) is 10.8 Å². The Balaban J connectivity index is 2.31. The number of rotatable bonds is 0. The monoisotopic (exact) mass is 136 g/mol. The van der Waals surface area contributed by atoms with Gasteiger partial charge in [-0.1, -0.05) is 39.8 Å². The minimum Gasteiger partial charge on any atom is -0.0840 e. The highest BCUT2D eigenvalue weighted by atomic mass is 14.7. The first kappa shape index (κ1) is 6.45. The van der Waals surface area contributed by atoms with Crippen molar-refractivity contribution in [3.8, 4) is 0 Å². The summed E-state index contributed by atoms with van der Waals surface area (Å²) in [5.74, 6) is 1.82. The van der Waals surface area contributed by atoms with Crippen molar-refractivity contribution in [3.63, 3.8) is 0 Å². The van der Waals surface area contributed by atoms with E-state index in [2.05, 4.69) is 39.8 Å². The summed E-state index contributed by atoms with van der Waals surface area (Å²) in [6.07, 6.45) is 4.79. The highest BCUT2D eigenvalue weighted by molar-refractivity contribution is 5.28. The van der Waals surface area contributed by atoms with Gasteiger partial charge < -0.3 is 0 Å². The third-order valence-corrected chi connectivity index (χ3v) is 3.45. The lowest BCUT2D eigenvalue weighted by Crippen LogP contribution is -2.12. The lowest BCUT2D eigenvalue weighted by molar-refractivity contribution is 0.351. The average Bonchev–Trinajstić information content (AvgIpc) is 2.07. The Morgan fingerprint density at radius 3 is 1.90 bits per heavy atom. The Kier molecular flexibility index (Phi) is 0.867. The van der Waals surface area contributed by atoms with Crippen molar-refractivity contribution in [3.05, 3.63) is 12.2 Å². The Bertz CT molecular complexity index is 196. The molecule has 2 rings (SSSR count). The van der Waals surface area contributed by atoms with Crippen LogP contribution in [0.2, 0.25) is 0 Å². The van der Waals surface area contributed by atoms with Crippen LogP contribution in [0.25, 0.3) is 0 Å². The van der Waals surface area contributed by atoms with E-state index >= 15 is 0 Å². The number of hydrogen-bond acceptors (Lipinski definition) is 0. The molecule has 0 aromatic heterocycles. The van der Waals surface area contributed by atoms with Gasteiger partial charge in [0, 0.05) is 0 Å². The van der Waals surface area contributed by atoms with Crippen molar-refractivity contribution >= 4 is 0 Å². The summed E-state index contributed by atoms with van der Waals surface area (Å²) >= 11 is 0. The van der Waals surface area contributed by atoms with E-state index in [9.17, 15) is 0 Å². The van der Waals surface area contributed by atoms with Gasteiger partial charge in [0.2, 0.25) is 0 Å². The largest absolute Gasteiger partial charge is 0.0840 e. The summed E-state index contributed by atoms with van der Waals surface area (Å²) < 4.78 is 0. The van der Waals surface area contributed by atoms with Gasteiger partial charge in [-0.15, -0.1) is 0 Å². The minimum absolute atomic E-state index is 0.480. The van der Waals surface area contributed by atoms with Gasteiger partial charge in [-0.25, -0.2) is 0 Å². The van der Waals surface area contributed by atoms with Gasteiger partial charge in [0.05, 0.1) is 0 Å². The SMILES string of the molecule is CC1(C)C=C[C@@H]2[C@H]1C2(C)C. The summed E-state index contributed by atoms with van der Waals surface area (Å²) in [4.78, 5) is 0. The van der Waals surface area contributed by atoms with Crippen LogP contribution in [0, 0.1) is 22.7 Å². The van der Waals surface area contributed by atoms with Crippen LogP contribution in [0.4, 0.5) is 0 Å². The molecular weight excluding hydrogens is 120 g/mol. The maximum atomic E-state index is 2.41. The minimum atomic E-state index is 0.480. The number of hydrogen-bond donors (Lipinski definition) is 0. The standard InChI is InChI=1S/C10H16/c1-9(2)6-5-7-8(9)10(7,3)4/h5-8H,1-4H3/t7-,8-/m1/s1. The van der Waals surface area contributed by atoms with E-state index in [0.717, 1.165) is 11.8 Å². The molecule has 0 spiro atoms. The topological polar surface area (TPSA) is 0 Å². The summed E-state index contributed by atoms with van der Waals surface area (Å²) in [5.41, 5.74) is 1.09. The predicted octanol–water partition coefficient (Wildman–Crippen LogP) is 2.85. The van der Waals surface area contributed by atoms with E-state index in [1.165, 1.54) is 0 Å². The average molecular weight is 136 g/mol. The first-order valence-electron chi connectivity index (χ1n) is 4.15. The second kappa shape index (κ2) is 1.34. The zero-order valence-corrected chi connectivity index (χ0v) is 7.31. The molecule has 0 N–H and O–H groups in total. The molecule has 0 bridgehead atoms. The van der Waals surface area contributed by atoms with Crippen molar-refractivity contribution < 1.29 is 0 Å². The normalized spacial score (nSPS) is 45.2. The van der Waals surface area contributed by atoms with Gasteiger partial charge in [0.25, 0.3) is 0 Å². The molecule has 56 valence electrons. The zero-order chi connectivity index (χ0) is 7.57. The van der Waals surface area contributed by atoms with E-state index in [1.54, 1.807) is 0 Å². The second-order valence-electron chi connectivity index (χ2n) is 5.01. The van der Waals surface area contributed by atoms with Gasteiger partial charge in [-0.05, 0) is 22.7 Å². The maximum Gasteiger partial charge on any atom is -0.0135 e. The molecule has 0 saturated heterocycles. The summed E-state index contributed by atoms with van der Waals surface area (Å²) in [6, 6.07) is 0. The van der Waals surface area contributed by atoms with E-state index < -0.39 is 0 Å². The van der Waals surface area contributed by atoms with Crippen LogP contribution in [0.1, 0.15) is 27.7 Å². The van der Waals surface area contributed by atoms with E-state index in [4.69, 9.17) is 0 Å². The van der Waals surface area contributed by atoms with Crippen LogP contribution in [-0.2, 0) is 0 Å². The maximum absolute atomic E-state index is 2.41. The van der Waals surface area contributed by atoms with Gasteiger partial charge >= 0.3 is 0 Å². The molecule has 1 fully saturated rings. The lowest BCUT2D eigenvalue weighted by atomic mass is 9.84.